The second kappa shape index (κ2) is 10.2. The van der Waals surface area contributed by atoms with Gasteiger partial charge in [-0.05, 0) is 91.3 Å². The first-order valence-electron chi connectivity index (χ1n) is 13.6. The number of aliphatic hydroxyl groups is 2. The average molecular weight is 516 g/mol. The van der Waals surface area contributed by atoms with E-state index in [1.807, 2.05) is 0 Å². The Hall–Kier alpha value is -0.740. The molecule has 9 heteroatoms. The maximum absolute atomic E-state index is 12.1. The van der Waals surface area contributed by atoms with E-state index in [0.29, 0.717) is 24.2 Å². The van der Waals surface area contributed by atoms with Gasteiger partial charge in [-0.15, -0.1) is 0 Å². The Morgan fingerprint density at radius 2 is 1.86 bits per heavy atom. The van der Waals surface area contributed by atoms with Crippen LogP contribution in [-0.4, -0.2) is 53.7 Å². The van der Waals surface area contributed by atoms with Crippen LogP contribution in [0.1, 0.15) is 85.0 Å². The third kappa shape index (κ3) is 5.17. The first kappa shape index (κ1) is 27.3. The van der Waals surface area contributed by atoms with Gasteiger partial charge in [-0.3, -0.25) is 9.35 Å². The molecule has 4 N–H and O–H groups in total. The zero-order valence-corrected chi connectivity index (χ0v) is 22.3. The molecule has 0 spiro atoms. The third-order valence-corrected chi connectivity index (χ3v) is 11.6. The predicted molar refractivity (Wildman–Crippen MR) is 132 cm³/mol. The van der Waals surface area contributed by atoms with Crippen LogP contribution in [0.4, 0.5) is 0 Å². The molecule has 0 saturated heterocycles. The second-order valence-electron chi connectivity index (χ2n) is 12.5. The lowest BCUT2D eigenvalue weighted by Crippen LogP contribution is -2.61. The Balaban J connectivity index is 1.39. The minimum atomic E-state index is -4.10. The summed E-state index contributed by atoms with van der Waals surface area (Å²) in [4.78, 5) is 17.0. The van der Waals surface area contributed by atoms with Crippen molar-refractivity contribution in [2.45, 2.75) is 97.2 Å². The molecule has 0 heterocycles. The fourth-order valence-corrected chi connectivity index (χ4v) is 9.43. The lowest BCUT2D eigenvalue weighted by Gasteiger charge is -2.63. The van der Waals surface area contributed by atoms with Gasteiger partial charge in [-0.1, -0.05) is 33.6 Å². The zero-order valence-electron chi connectivity index (χ0n) is 21.5. The van der Waals surface area contributed by atoms with Crippen molar-refractivity contribution in [3.63, 3.8) is 0 Å². The van der Waals surface area contributed by atoms with E-state index >= 15 is 0 Å². The van der Waals surface area contributed by atoms with Gasteiger partial charge in [0.05, 0.1) is 18.0 Å². The van der Waals surface area contributed by atoms with Gasteiger partial charge in [0.15, 0.2) is 0 Å². The molecule has 4 fully saturated rings. The van der Waals surface area contributed by atoms with Gasteiger partial charge in [0.1, 0.15) is 0 Å². The van der Waals surface area contributed by atoms with Crippen LogP contribution in [0.25, 0.3) is 0 Å². The Kier molecular flexibility index (Phi) is 7.95. The maximum atomic E-state index is 12.1. The van der Waals surface area contributed by atoms with Crippen molar-refractivity contribution >= 4 is 16.1 Å². The molecule has 4 aliphatic rings. The molecule has 8 nitrogen and oxygen atoms in total. The van der Waals surface area contributed by atoms with Crippen molar-refractivity contribution in [1.29, 1.82) is 0 Å². The molecule has 0 amide bonds. The van der Waals surface area contributed by atoms with Crippen molar-refractivity contribution < 1.29 is 32.8 Å². The molecule has 10 atom stereocenters. The third-order valence-electron chi connectivity index (χ3n) is 10.9. The number of fused-ring (bicyclic) bond motifs is 5. The number of hydrogen-bond donors (Lipinski definition) is 4. The molecule has 4 saturated carbocycles. The van der Waals surface area contributed by atoms with E-state index < -0.39 is 27.9 Å². The second-order valence-corrected chi connectivity index (χ2v) is 14.1. The molecule has 0 aromatic rings. The van der Waals surface area contributed by atoms with Crippen LogP contribution < -0.4 is 5.48 Å². The smallest absolute Gasteiger partial charge is 0.324 e. The molecule has 4 aliphatic carbocycles. The summed E-state index contributed by atoms with van der Waals surface area (Å²) in [7, 11) is -4.10. The van der Waals surface area contributed by atoms with Gasteiger partial charge in [0, 0.05) is 13.0 Å². The normalized spacial score (nSPS) is 44.1. The first-order chi connectivity index (χ1) is 16.4. The van der Waals surface area contributed by atoms with Crippen LogP contribution in [0.3, 0.4) is 0 Å². The van der Waals surface area contributed by atoms with Gasteiger partial charge >= 0.3 is 5.97 Å². The molecule has 4 rings (SSSR count). The number of nitrogens with one attached hydrogen (secondary N) is 1. The van der Waals surface area contributed by atoms with E-state index in [1.54, 1.807) is 0 Å². The van der Waals surface area contributed by atoms with Crippen molar-refractivity contribution in [3.8, 4) is 0 Å². The molecular formula is C26H45NO7S. The Bertz CT molecular complexity index is 881. The quantitative estimate of drug-likeness (QED) is 0.220. The van der Waals surface area contributed by atoms with Crippen LogP contribution in [0.15, 0.2) is 0 Å². The highest BCUT2D eigenvalue weighted by atomic mass is 32.2. The average Bonchev–Trinajstić information content (AvgIpc) is 3.14. The summed E-state index contributed by atoms with van der Waals surface area (Å²) in [6, 6.07) is 0. The summed E-state index contributed by atoms with van der Waals surface area (Å²) in [6.07, 6.45) is 8.74. The van der Waals surface area contributed by atoms with Crippen molar-refractivity contribution in [2.24, 2.45) is 46.3 Å². The van der Waals surface area contributed by atoms with Gasteiger partial charge in [-0.25, -0.2) is 0 Å². The van der Waals surface area contributed by atoms with E-state index in [1.165, 1.54) is 25.7 Å². The van der Waals surface area contributed by atoms with Crippen LogP contribution in [-0.2, 0) is 19.8 Å². The summed E-state index contributed by atoms with van der Waals surface area (Å²) in [5.41, 5.74) is 2.26. The molecule has 0 aliphatic heterocycles. The summed E-state index contributed by atoms with van der Waals surface area (Å²) in [6.45, 7) is 6.63. The number of hydrogen-bond acceptors (Lipinski definition) is 7. The van der Waals surface area contributed by atoms with Crippen LogP contribution >= 0.6 is 0 Å². The topological polar surface area (TPSA) is 133 Å². The van der Waals surface area contributed by atoms with Crippen molar-refractivity contribution in [3.05, 3.63) is 0 Å². The Morgan fingerprint density at radius 1 is 1.11 bits per heavy atom. The zero-order chi connectivity index (χ0) is 25.6. The van der Waals surface area contributed by atoms with Gasteiger partial charge < -0.3 is 15.1 Å². The van der Waals surface area contributed by atoms with E-state index in [4.69, 9.17) is 9.39 Å². The highest BCUT2D eigenvalue weighted by molar-refractivity contribution is 7.85. The minimum absolute atomic E-state index is 0.167. The van der Waals surface area contributed by atoms with Crippen molar-refractivity contribution in [1.82, 2.24) is 5.48 Å². The SMILES string of the molecule is C[C@H](CCC(=O)ONCCS(=O)(=O)O)[C@H]1CC[C@H]2[C@@H]3[C@@H](O)C[C@@H]4CCCC[C@]4(C)[C@H]3C[C@@H](O)[C@]12C. The van der Waals surface area contributed by atoms with Crippen LogP contribution in [0.5, 0.6) is 0 Å². The largest absolute Gasteiger partial charge is 0.393 e. The summed E-state index contributed by atoms with van der Waals surface area (Å²) in [5, 5.41) is 23.0. The minimum Gasteiger partial charge on any atom is -0.393 e. The molecule has 202 valence electrons. The van der Waals surface area contributed by atoms with E-state index in [9.17, 15) is 23.4 Å². The summed E-state index contributed by atoms with van der Waals surface area (Å²) < 4.78 is 30.2. The van der Waals surface area contributed by atoms with Gasteiger partial charge in [-0.2, -0.15) is 13.9 Å². The lowest BCUT2D eigenvalue weighted by molar-refractivity contribution is -0.201. The van der Waals surface area contributed by atoms with Gasteiger partial charge in [0.2, 0.25) is 0 Å². The molecule has 0 unspecified atom stereocenters. The Labute approximate surface area is 210 Å². The fourth-order valence-electron chi connectivity index (χ4n) is 9.09. The summed E-state index contributed by atoms with van der Waals surface area (Å²) in [5.74, 6) is 0.983. The summed E-state index contributed by atoms with van der Waals surface area (Å²) >= 11 is 0. The monoisotopic (exact) mass is 515 g/mol. The molecule has 0 aromatic heterocycles. The standard InChI is InChI=1S/C26H45NO7S/c1-16(7-10-23(30)34-27-12-13-35(31,32)33)18-8-9-19-24-20(15-22(29)26(18,19)3)25(2)11-5-4-6-17(25)14-21(24)28/h16-22,24,27-29H,4-15H2,1-3H3,(H,31,32,33)/t16-,17+,18-,19+,20+,21+,22-,24+,25+,26-/m1/s1. The van der Waals surface area contributed by atoms with E-state index in [0.717, 1.165) is 25.7 Å². The number of carbonyl (C=O) groups is 1. The first-order valence-corrected chi connectivity index (χ1v) is 15.2. The highest BCUT2D eigenvalue weighted by Gasteiger charge is 2.65. The van der Waals surface area contributed by atoms with E-state index in [-0.39, 0.29) is 47.7 Å². The number of rotatable bonds is 8. The van der Waals surface area contributed by atoms with E-state index in [2.05, 4.69) is 26.3 Å². The maximum Gasteiger partial charge on any atom is 0.324 e. The van der Waals surface area contributed by atoms with Crippen LogP contribution in [0.2, 0.25) is 0 Å². The number of carbonyl (C=O) groups excluding carboxylic acids is 1. The molecule has 0 bridgehead atoms. The molecule has 35 heavy (non-hydrogen) atoms. The molecule has 0 aromatic carbocycles. The van der Waals surface area contributed by atoms with Crippen LogP contribution in [0, 0.1) is 46.3 Å². The van der Waals surface area contributed by atoms with Gasteiger partial charge in [0.25, 0.3) is 10.1 Å². The predicted octanol–water partition coefficient (Wildman–Crippen LogP) is 3.33. The van der Waals surface area contributed by atoms with Crippen molar-refractivity contribution in [2.75, 3.05) is 12.3 Å². The Morgan fingerprint density at radius 3 is 2.57 bits per heavy atom. The number of hydroxylamine groups is 1. The fraction of sp³-hybridized carbons (Fsp3) is 0.962. The highest BCUT2D eigenvalue weighted by Crippen LogP contribution is 2.68. The number of aliphatic hydroxyl groups excluding tert-OH is 2. The molecule has 0 radical (unpaired) electrons. The lowest BCUT2D eigenvalue weighted by atomic mass is 9.43. The molecular weight excluding hydrogens is 470 g/mol.